The van der Waals surface area contributed by atoms with E-state index < -0.39 is 23.8 Å². The third-order valence-corrected chi connectivity index (χ3v) is 2.49. The minimum Gasteiger partial charge on any atom is -0.403 e. The Kier molecular flexibility index (Phi) is 4.54. The first kappa shape index (κ1) is 15.7. The summed E-state index contributed by atoms with van der Waals surface area (Å²) in [4.78, 5) is 19.1. The smallest absolute Gasteiger partial charge is 0.403 e. The lowest BCUT2D eigenvalue weighted by Gasteiger charge is -2.11. The molecule has 1 heterocycles. The van der Waals surface area contributed by atoms with Crippen LogP contribution in [-0.2, 0) is 6.54 Å². The van der Waals surface area contributed by atoms with Crippen LogP contribution < -0.4 is 10.1 Å². The summed E-state index contributed by atoms with van der Waals surface area (Å²) in [5, 5.41) is 2.44. The molecule has 0 bridgehead atoms. The highest BCUT2D eigenvalue weighted by atomic mass is 19.4. The number of carbonyl (C=O) groups excluding carboxylic acids is 1. The second-order valence-corrected chi connectivity index (χ2v) is 4.09. The molecule has 9 heteroatoms. The Morgan fingerprint density at radius 3 is 2.68 bits per heavy atom. The number of aromatic nitrogens is 2. The Morgan fingerprint density at radius 2 is 2.05 bits per heavy atom. The summed E-state index contributed by atoms with van der Waals surface area (Å²) in [7, 11) is 0. The van der Waals surface area contributed by atoms with Crippen LogP contribution in [0.3, 0.4) is 0 Å². The fourth-order valence-electron chi connectivity index (χ4n) is 1.56. The van der Waals surface area contributed by atoms with E-state index in [-0.39, 0.29) is 17.8 Å². The predicted octanol–water partition coefficient (Wildman–Crippen LogP) is 2.44. The molecule has 5 nitrogen and oxygen atoms in total. The number of amides is 1. The average molecular weight is 315 g/mol. The van der Waals surface area contributed by atoms with Crippen LogP contribution >= 0.6 is 0 Å². The summed E-state index contributed by atoms with van der Waals surface area (Å²) in [5.74, 6) is -2.64. The van der Waals surface area contributed by atoms with E-state index in [4.69, 9.17) is 0 Å². The molecule has 116 valence electrons. The Morgan fingerprint density at radius 1 is 1.27 bits per heavy atom. The molecule has 1 amide bonds. The second kappa shape index (κ2) is 6.37. The predicted molar refractivity (Wildman–Crippen MR) is 66.3 cm³/mol. The van der Waals surface area contributed by atoms with Crippen LogP contribution in [0.2, 0.25) is 0 Å². The summed E-state index contributed by atoms with van der Waals surface area (Å²) in [6, 6.07) is 4.30. The number of alkyl halides is 3. The van der Waals surface area contributed by atoms with Gasteiger partial charge in [0.15, 0.2) is 11.6 Å². The van der Waals surface area contributed by atoms with E-state index in [9.17, 15) is 22.4 Å². The molecule has 1 aromatic heterocycles. The summed E-state index contributed by atoms with van der Waals surface area (Å²) in [5.41, 5.74) is 0.340. The minimum absolute atomic E-state index is 0.101. The molecule has 0 saturated heterocycles. The molecule has 0 fully saturated rings. The normalized spacial score (nSPS) is 11.1. The quantitative estimate of drug-likeness (QED) is 0.880. The van der Waals surface area contributed by atoms with E-state index in [0.717, 1.165) is 12.1 Å². The van der Waals surface area contributed by atoms with Gasteiger partial charge in [-0.25, -0.2) is 14.4 Å². The fourth-order valence-corrected chi connectivity index (χ4v) is 1.56. The zero-order chi connectivity index (χ0) is 16.2. The number of halogens is 4. The Labute approximate surface area is 122 Å². The van der Waals surface area contributed by atoms with Gasteiger partial charge < -0.3 is 10.1 Å². The maximum atomic E-state index is 13.2. The number of hydrogen-bond donors (Lipinski definition) is 1. The lowest BCUT2D eigenvalue weighted by molar-refractivity contribution is -0.275. The first-order chi connectivity index (χ1) is 10.3. The topological polar surface area (TPSA) is 64.1 Å². The maximum Gasteiger partial charge on any atom is 0.573 e. The number of rotatable bonds is 4. The molecule has 1 N–H and O–H groups in total. The fraction of sp³-hybridized carbons (Fsp3) is 0.154. The molecule has 0 aliphatic carbocycles. The van der Waals surface area contributed by atoms with Gasteiger partial charge in [-0.1, -0.05) is 6.07 Å². The minimum atomic E-state index is -5.00. The van der Waals surface area contributed by atoms with Gasteiger partial charge in [-0.15, -0.1) is 13.2 Å². The number of carbonyl (C=O) groups is 1. The van der Waals surface area contributed by atoms with Crippen molar-refractivity contribution in [1.29, 1.82) is 0 Å². The van der Waals surface area contributed by atoms with Crippen LogP contribution in [0, 0.1) is 5.82 Å². The summed E-state index contributed by atoms with van der Waals surface area (Å²) >= 11 is 0. The monoisotopic (exact) mass is 315 g/mol. The largest absolute Gasteiger partial charge is 0.573 e. The van der Waals surface area contributed by atoms with Crippen LogP contribution in [0.1, 0.15) is 16.1 Å². The lowest BCUT2D eigenvalue weighted by Crippen LogP contribution is -2.24. The molecule has 2 aromatic rings. The van der Waals surface area contributed by atoms with Crippen molar-refractivity contribution in [3.8, 4) is 5.75 Å². The Bertz CT molecular complexity index is 662. The maximum absolute atomic E-state index is 13.2. The standard InChI is InChI=1S/C13H9F4N3O2/c14-9-2-1-8(5-11(9)22-13(15,16)17)6-19-12(21)10-3-4-18-7-20-10/h1-5,7H,6H2,(H,19,21). The van der Waals surface area contributed by atoms with E-state index in [1.165, 1.54) is 24.7 Å². The van der Waals surface area contributed by atoms with Gasteiger partial charge in [-0.05, 0) is 23.8 Å². The Balaban J connectivity index is 2.04. The van der Waals surface area contributed by atoms with Crippen molar-refractivity contribution in [3.05, 3.63) is 53.9 Å². The number of nitrogens with zero attached hydrogens (tertiary/aromatic N) is 2. The average Bonchev–Trinajstić information content (AvgIpc) is 2.47. The first-order valence-corrected chi connectivity index (χ1v) is 5.93. The highest BCUT2D eigenvalue weighted by Crippen LogP contribution is 2.26. The van der Waals surface area contributed by atoms with Crippen LogP contribution in [0.15, 0.2) is 36.8 Å². The van der Waals surface area contributed by atoms with E-state index in [1.54, 1.807) is 0 Å². The molecule has 0 atom stereocenters. The lowest BCUT2D eigenvalue weighted by atomic mass is 10.2. The van der Waals surface area contributed by atoms with Crippen molar-refractivity contribution in [2.75, 3.05) is 0 Å². The summed E-state index contributed by atoms with van der Waals surface area (Å²) < 4.78 is 53.1. The van der Waals surface area contributed by atoms with Crippen molar-refractivity contribution in [2.24, 2.45) is 0 Å². The zero-order valence-corrected chi connectivity index (χ0v) is 10.9. The van der Waals surface area contributed by atoms with Crippen molar-refractivity contribution in [3.63, 3.8) is 0 Å². The van der Waals surface area contributed by atoms with E-state index in [1.807, 2.05) is 0 Å². The van der Waals surface area contributed by atoms with Crippen molar-refractivity contribution in [1.82, 2.24) is 15.3 Å². The molecule has 0 saturated carbocycles. The van der Waals surface area contributed by atoms with Gasteiger partial charge in [0, 0.05) is 12.7 Å². The van der Waals surface area contributed by atoms with Crippen molar-refractivity contribution < 1.29 is 27.1 Å². The van der Waals surface area contributed by atoms with Crippen molar-refractivity contribution >= 4 is 5.91 Å². The van der Waals surface area contributed by atoms with Gasteiger partial charge in [0.25, 0.3) is 5.91 Å². The van der Waals surface area contributed by atoms with E-state index in [0.29, 0.717) is 0 Å². The second-order valence-electron chi connectivity index (χ2n) is 4.09. The highest BCUT2D eigenvalue weighted by molar-refractivity contribution is 5.91. The van der Waals surface area contributed by atoms with Gasteiger partial charge in [-0.3, -0.25) is 4.79 Å². The van der Waals surface area contributed by atoms with Gasteiger partial charge in [-0.2, -0.15) is 0 Å². The molecular weight excluding hydrogens is 306 g/mol. The third-order valence-electron chi connectivity index (χ3n) is 2.49. The number of hydrogen-bond acceptors (Lipinski definition) is 4. The molecule has 0 unspecified atom stereocenters. The SMILES string of the molecule is O=C(NCc1ccc(F)c(OC(F)(F)F)c1)c1ccncn1. The zero-order valence-electron chi connectivity index (χ0n) is 10.9. The molecule has 1 aromatic carbocycles. The Hall–Kier alpha value is -2.71. The van der Waals surface area contributed by atoms with Crippen LogP contribution in [0.25, 0.3) is 0 Å². The molecule has 22 heavy (non-hydrogen) atoms. The van der Waals surface area contributed by atoms with Crippen LogP contribution in [0.5, 0.6) is 5.75 Å². The third kappa shape index (κ3) is 4.40. The van der Waals surface area contributed by atoms with Crippen LogP contribution in [-0.4, -0.2) is 22.2 Å². The molecule has 0 radical (unpaired) electrons. The van der Waals surface area contributed by atoms with Gasteiger partial charge in [0.2, 0.25) is 0 Å². The van der Waals surface area contributed by atoms with Gasteiger partial charge in [0.05, 0.1) is 0 Å². The number of benzene rings is 1. The highest BCUT2D eigenvalue weighted by Gasteiger charge is 2.32. The van der Waals surface area contributed by atoms with E-state index in [2.05, 4.69) is 20.0 Å². The molecule has 0 spiro atoms. The molecular formula is C13H9F4N3O2. The molecule has 2 rings (SSSR count). The van der Waals surface area contributed by atoms with Crippen LogP contribution in [0.4, 0.5) is 17.6 Å². The molecule has 0 aliphatic rings. The summed E-state index contributed by atoms with van der Waals surface area (Å²) in [6.07, 6.45) is -2.44. The molecule has 0 aliphatic heterocycles. The van der Waals surface area contributed by atoms with Gasteiger partial charge in [0.1, 0.15) is 12.0 Å². The number of ether oxygens (including phenoxy) is 1. The van der Waals surface area contributed by atoms with E-state index >= 15 is 0 Å². The van der Waals surface area contributed by atoms with Gasteiger partial charge >= 0.3 is 6.36 Å². The van der Waals surface area contributed by atoms with Crippen molar-refractivity contribution in [2.45, 2.75) is 12.9 Å². The number of nitrogens with one attached hydrogen (secondary N) is 1. The first-order valence-electron chi connectivity index (χ1n) is 5.93. The summed E-state index contributed by atoms with van der Waals surface area (Å²) in [6.45, 7) is -0.114.